The highest BCUT2D eigenvalue weighted by Gasteiger charge is 2.67. The molecular weight excluding hydrogens is 368 g/mol. The Morgan fingerprint density at radius 2 is 2.03 bits per heavy atom. The molecule has 0 aromatic carbocycles. The minimum atomic E-state index is -1.51. The van der Waals surface area contributed by atoms with Gasteiger partial charge in [0, 0.05) is 17.8 Å². The van der Waals surface area contributed by atoms with E-state index in [-0.39, 0.29) is 35.6 Å². The molecule has 0 unspecified atom stereocenters. The molecule has 29 heavy (non-hydrogen) atoms. The number of carbonyl (C=O) groups is 3. The normalized spacial score (nSPS) is 42.9. The van der Waals surface area contributed by atoms with Gasteiger partial charge in [0.1, 0.15) is 5.60 Å². The van der Waals surface area contributed by atoms with Crippen molar-refractivity contribution in [2.75, 3.05) is 6.61 Å². The van der Waals surface area contributed by atoms with E-state index in [0.717, 1.165) is 19.3 Å². The molecule has 0 aliphatic heterocycles. The first-order valence-electron chi connectivity index (χ1n) is 10.6. The lowest BCUT2D eigenvalue weighted by Gasteiger charge is -2.53. The van der Waals surface area contributed by atoms with Crippen LogP contribution in [0.3, 0.4) is 0 Å². The molecule has 0 aromatic heterocycles. The van der Waals surface area contributed by atoms with Crippen molar-refractivity contribution in [3.05, 3.63) is 35.5 Å². The second-order valence-electron chi connectivity index (χ2n) is 9.75. The Hall–Kier alpha value is -2.01. The smallest absolute Gasteiger partial charge is 0.303 e. The second kappa shape index (κ2) is 6.49. The maximum atomic E-state index is 13.0. The van der Waals surface area contributed by atoms with Crippen LogP contribution in [-0.4, -0.2) is 34.9 Å². The zero-order chi connectivity index (χ0) is 21.2. The van der Waals surface area contributed by atoms with Gasteiger partial charge in [0.2, 0.25) is 5.78 Å². The standard InChI is InChI=1S/C24H30O5/c1-14-11-20-18-6-5-16-12-17(26)7-9-22(16,3)19(18)8-10-23(20,4)24(14,28)21(27)13-29-15(2)25/h7-9,12,14,18,20,28H,5-6,10-11,13H2,1-4H3/t14-,18-,20-,22+,23+,24+/m0/s1. The molecule has 2 fully saturated rings. The van der Waals surface area contributed by atoms with Crippen LogP contribution < -0.4 is 0 Å². The highest BCUT2D eigenvalue weighted by Crippen LogP contribution is 2.66. The van der Waals surface area contributed by atoms with E-state index in [2.05, 4.69) is 13.0 Å². The van der Waals surface area contributed by atoms with E-state index in [1.165, 1.54) is 18.1 Å². The topological polar surface area (TPSA) is 80.7 Å². The van der Waals surface area contributed by atoms with E-state index in [9.17, 15) is 19.5 Å². The average Bonchev–Trinajstić information content (AvgIpc) is 2.88. The number of fused-ring (bicyclic) bond motifs is 5. The molecule has 0 heterocycles. The van der Waals surface area contributed by atoms with Crippen molar-refractivity contribution in [3.8, 4) is 0 Å². The molecule has 0 amide bonds. The van der Waals surface area contributed by atoms with Crippen molar-refractivity contribution in [1.29, 1.82) is 0 Å². The van der Waals surface area contributed by atoms with Crippen molar-refractivity contribution in [2.45, 2.75) is 59.0 Å². The summed E-state index contributed by atoms with van der Waals surface area (Å²) in [6, 6.07) is 0. The SMILES string of the molecule is CC(=O)OCC(=O)[C@]1(O)[C@@H](C)C[C@H]2[C@H]3CCC4=CC(=O)C=C[C@@]4(C)C3=CC[C@]21C. The number of Topliss-reactive ketones (excluding diaryl/α,β-unsaturated/α-hetero) is 1. The molecule has 4 aliphatic carbocycles. The van der Waals surface area contributed by atoms with Gasteiger partial charge in [0.05, 0.1) is 0 Å². The lowest BCUT2D eigenvalue weighted by atomic mass is 9.51. The van der Waals surface area contributed by atoms with Gasteiger partial charge in [0.15, 0.2) is 12.4 Å². The molecule has 4 aliphatic rings. The predicted molar refractivity (Wildman–Crippen MR) is 108 cm³/mol. The number of hydrogen-bond acceptors (Lipinski definition) is 5. The van der Waals surface area contributed by atoms with E-state index in [4.69, 9.17) is 4.74 Å². The minimum absolute atomic E-state index is 0.0529. The van der Waals surface area contributed by atoms with E-state index < -0.39 is 22.8 Å². The summed E-state index contributed by atoms with van der Waals surface area (Å²) in [7, 11) is 0. The van der Waals surface area contributed by atoms with Gasteiger partial charge in [-0.15, -0.1) is 0 Å². The molecule has 5 nitrogen and oxygen atoms in total. The molecule has 0 radical (unpaired) electrons. The minimum Gasteiger partial charge on any atom is -0.458 e. The summed E-state index contributed by atoms with van der Waals surface area (Å²) >= 11 is 0. The van der Waals surface area contributed by atoms with Crippen LogP contribution in [0.4, 0.5) is 0 Å². The summed E-state index contributed by atoms with van der Waals surface area (Å²) in [5.74, 6) is -0.621. The Labute approximate surface area is 171 Å². The monoisotopic (exact) mass is 398 g/mol. The lowest BCUT2D eigenvalue weighted by Crippen LogP contribution is -2.57. The van der Waals surface area contributed by atoms with Crippen LogP contribution in [0.25, 0.3) is 0 Å². The quantitative estimate of drug-likeness (QED) is 0.583. The third-order valence-electron chi connectivity index (χ3n) is 8.36. The molecule has 1 N–H and O–H groups in total. The van der Waals surface area contributed by atoms with Crippen LogP contribution in [0.1, 0.15) is 53.4 Å². The fourth-order valence-electron chi connectivity index (χ4n) is 6.74. The summed E-state index contributed by atoms with van der Waals surface area (Å²) in [6.07, 6.45) is 10.8. The van der Waals surface area contributed by atoms with Gasteiger partial charge >= 0.3 is 5.97 Å². The molecule has 4 rings (SSSR count). The van der Waals surface area contributed by atoms with E-state index in [1.54, 1.807) is 12.2 Å². The molecule has 2 saturated carbocycles. The van der Waals surface area contributed by atoms with Crippen LogP contribution >= 0.6 is 0 Å². The number of ketones is 2. The van der Waals surface area contributed by atoms with Crippen molar-refractivity contribution in [3.63, 3.8) is 0 Å². The highest BCUT2D eigenvalue weighted by molar-refractivity contribution is 6.01. The first-order chi connectivity index (χ1) is 13.5. The first kappa shape index (κ1) is 20.3. The van der Waals surface area contributed by atoms with Crippen molar-refractivity contribution < 1.29 is 24.2 Å². The highest BCUT2D eigenvalue weighted by atomic mass is 16.5. The molecule has 5 heteroatoms. The summed E-state index contributed by atoms with van der Waals surface area (Å²) in [4.78, 5) is 36.1. The summed E-state index contributed by atoms with van der Waals surface area (Å²) < 4.78 is 4.95. The Kier molecular flexibility index (Phi) is 4.54. The number of carbonyl (C=O) groups excluding carboxylic acids is 3. The largest absolute Gasteiger partial charge is 0.458 e. The first-order valence-corrected chi connectivity index (χ1v) is 10.6. The third-order valence-corrected chi connectivity index (χ3v) is 8.36. The molecule has 156 valence electrons. The van der Waals surface area contributed by atoms with Gasteiger partial charge in [0.25, 0.3) is 0 Å². The van der Waals surface area contributed by atoms with Crippen molar-refractivity contribution in [2.24, 2.45) is 28.6 Å². The van der Waals surface area contributed by atoms with Crippen molar-refractivity contribution >= 4 is 17.5 Å². The molecule has 0 spiro atoms. The van der Waals surface area contributed by atoms with Crippen LogP contribution in [-0.2, 0) is 19.1 Å². The Morgan fingerprint density at radius 1 is 1.31 bits per heavy atom. The molecule has 6 atom stereocenters. The second-order valence-corrected chi connectivity index (χ2v) is 9.75. The fourth-order valence-corrected chi connectivity index (χ4v) is 6.74. The maximum absolute atomic E-state index is 13.0. The zero-order valence-electron chi connectivity index (χ0n) is 17.7. The number of rotatable bonds is 3. The van der Waals surface area contributed by atoms with E-state index >= 15 is 0 Å². The van der Waals surface area contributed by atoms with Gasteiger partial charge in [-0.3, -0.25) is 14.4 Å². The molecule has 0 bridgehead atoms. The molecule has 0 aromatic rings. The molecule has 0 saturated heterocycles. The maximum Gasteiger partial charge on any atom is 0.303 e. The summed E-state index contributed by atoms with van der Waals surface area (Å²) in [6.45, 7) is 7.03. The Balaban J connectivity index is 1.71. The fraction of sp³-hybridized carbons (Fsp3) is 0.625. The van der Waals surface area contributed by atoms with E-state index in [1.807, 2.05) is 19.9 Å². The molecular formula is C24H30O5. The Morgan fingerprint density at radius 3 is 2.72 bits per heavy atom. The van der Waals surface area contributed by atoms with E-state index in [0.29, 0.717) is 6.42 Å². The Bertz CT molecular complexity index is 880. The van der Waals surface area contributed by atoms with Crippen LogP contribution in [0.2, 0.25) is 0 Å². The van der Waals surface area contributed by atoms with Gasteiger partial charge in [-0.2, -0.15) is 0 Å². The zero-order valence-corrected chi connectivity index (χ0v) is 17.7. The number of aliphatic hydroxyl groups is 1. The van der Waals surface area contributed by atoms with Gasteiger partial charge in [-0.25, -0.2) is 0 Å². The summed E-state index contributed by atoms with van der Waals surface area (Å²) in [5.41, 5.74) is 0.145. The average molecular weight is 398 g/mol. The number of esters is 1. The van der Waals surface area contributed by atoms with Crippen LogP contribution in [0.5, 0.6) is 0 Å². The lowest BCUT2D eigenvalue weighted by molar-refractivity contribution is -0.167. The number of allylic oxidation sites excluding steroid dienone is 6. The number of ether oxygens (including phenoxy) is 1. The van der Waals surface area contributed by atoms with Gasteiger partial charge in [-0.05, 0) is 62.5 Å². The van der Waals surface area contributed by atoms with Crippen LogP contribution in [0.15, 0.2) is 35.5 Å². The van der Waals surface area contributed by atoms with Gasteiger partial charge < -0.3 is 9.84 Å². The van der Waals surface area contributed by atoms with Crippen LogP contribution in [0, 0.1) is 28.6 Å². The number of hydrogen-bond donors (Lipinski definition) is 1. The van der Waals surface area contributed by atoms with Crippen molar-refractivity contribution in [1.82, 2.24) is 0 Å². The predicted octanol–water partition coefficient (Wildman–Crippen LogP) is 3.32. The third kappa shape index (κ3) is 2.66. The summed E-state index contributed by atoms with van der Waals surface area (Å²) in [5, 5.41) is 11.7. The van der Waals surface area contributed by atoms with Gasteiger partial charge in [-0.1, -0.05) is 37.1 Å².